The fourth-order valence-corrected chi connectivity index (χ4v) is 4.37. The smallest absolute Gasteiger partial charge is 0.0530 e. The SMILES string of the molecule is CCCCCCCCCCCCC=NC1CC(C)(C)N(C)C(C)(C)C1. The van der Waals surface area contributed by atoms with Gasteiger partial charge in [0.1, 0.15) is 0 Å². The van der Waals surface area contributed by atoms with Crippen LogP contribution in [0.5, 0.6) is 0 Å². The van der Waals surface area contributed by atoms with Crippen molar-refractivity contribution >= 4 is 6.21 Å². The summed E-state index contributed by atoms with van der Waals surface area (Å²) in [5.41, 5.74) is 0.502. The van der Waals surface area contributed by atoms with Crippen molar-refractivity contribution in [2.45, 2.75) is 135 Å². The van der Waals surface area contributed by atoms with Gasteiger partial charge in [-0.3, -0.25) is 9.89 Å². The van der Waals surface area contributed by atoms with Gasteiger partial charge in [-0.2, -0.15) is 0 Å². The number of rotatable bonds is 12. The van der Waals surface area contributed by atoms with Gasteiger partial charge in [-0.1, -0.05) is 64.7 Å². The molecule has 0 aliphatic carbocycles. The average Bonchev–Trinajstić information content (AvgIpc) is 2.53. The molecule has 0 unspecified atom stereocenters. The highest BCUT2D eigenvalue weighted by Gasteiger charge is 2.42. The minimum absolute atomic E-state index is 0.251. The van der Waals surface area contributed by atoms with Crippen molar-refractivity contribution in [2.24, 2.45) is 4.99 Å². The highest BCUT2D eigenvalue weighted by Crippen LogP contribution is 2.38. The van der Waals surface area contributed by atoms with Gasteiger partial charge in [0.15, 0.2) is 0 Å². The Morgan fingerprint density at radius 3 is 1.72 bits per heavy atom. The Labute approximate surface area is 158 Å². The van der Waals surface area contributed by atoms with Crippen LogP contribution in [0.1, 0.15) is 118 Å². The van der Waals surface area contributed by atoms with E-state index >= 15 is 0 Å². The predicted octanol–water partition coefficient (Wildman–Crippen LogP) is 7.02. The molecule has 0 aromatic heterocycles. The summed E-state index contributed by atoms with van der Waals surface area (Å²) >= 11 is 0. The lowest BCUT2D eigenvalue weighted by molar-refractivity contribution is -0.0106. The largest absolute Gasteiger partial charge is 0.296 e. The highest BCUT2D eigenvalue weighted by molar-refractivity contribution is 5.57. The van der Waals surface area contributed by atoms with Crippen molar-refractivity contribution in [1.29, 1.82) is 0 Å². The second kappa shape index (κ2) is 11.4. The molecule has 1 heterocycles. The van der Waals surface area contributed by atoms with Crippen molar-refractivity contribution in [3.63, 3.8) is 0 Å². The van der Waals surface area contributed by atoms with Crippen LogP contribution < -0.4 is 0 Å². The monoisotopic (exact) mass is 350 g/mol. The summed E-state index contributed by atoms with van der Waals surface area (Å²) < 4.78 is 0. The van der Waals surface area contributed by atoms with E-state index in [4.69, 9.17) is 4.99 Å². The van der Waals surface area contributed by atoms with E-state index in [9.17, 15) is 0 Å². The zero-order valence-electron chi connectivity index (χ0n) is 18.2. The molecule has 1 fully saturated rings. The quantitative estimate of drug-likeness (QED) is 0.273. The molecule has 1 rings (SSSR count). The van der Waals surface area contributed by atoms with E-state index in [0.717, 1.165) is 0 Å². The van der Waals surface area contributed by atoms with Crippen molar-refractivity contribution in [2.75, 3.05) is 7.05 Å². The van der Waals surface area contributed by atoms with E-state index in [2.05, 4.69) is 52.8 Å². The van der Waals surface area contributed by atoms with Crippen LogP contribution in [-0.4, -0.2) is 35.3 Å². The summed E-state index contributed by atoms with van der Waals surface area (Å²) in [5.74, 6) is 0. The number of hydrogen-bond donors (Lipinski definition) is 0. The van der Waals surface area contributed by atoms with Gasteiger partial charge in [0.2, 0.25) is 0 Å². The third-order valence-corrected chi connectivity index (χ3v) is 6.29. The summed E-state index contributed by atoms with van der Waals surface area (Å²) in [6.45, 7) is 11.7. The van der Waals surface area contributed by atoms with Gasteiger partial charge < -0.3 is 0 Å². The van der Waals surface area contributed by atoms with Crippen LogP contribution >= 0.6 is 0 Å². The van der Waals surface area contributed by atoms with Gasteiger partial charge in [-0.25, -0.2) is 0 Å². The summed E-state index contributed by atoms with van der Waals surface area (Å²) in [5, 5.41) is 0. The Hall–Kier alpha value is -0.370. The van der Waals surface area contributed by atoms with E-state index in [-0.39, 0.29) is 11.1 Å². The number of aliphatic imine (C=N–C) groups is 1. The number of piperidine rings is 1. The molecule has 1 saturated heterocycles. The lowest BCUT2D eigenvalue weighted by Crippen LogP contribution is -2.59. The molecule has 0 aromatic carbocycles. The van der Waals surface area contributed by atoms with Gasteiger partial charge >= 0.3 is 0 Å². The first-order chi connectivity index (χ1) is 11.8. The minimum Gasteiger partial charge on any atom is -0.296 e. The Bertz CT molecular complexity index is 352. The first-order valence-corrected chi connectivity index (χ1v) is 11.0. The van der Waals surface area contributed by atoms with Crippen molar-refractivity contribution in [3.05, 3.63) is 0 Å². The Morgan fingerprint density at radius 2 is 1.24 bits per heavy atom. The van der Waals surface area contributed by atoms with E-state index in [1.165, 1.54) is 83.5 Å². The maximum atomic E-state index is 4.93. The molecule has 0 atom stereocenters. The molecule has 1 aliphatic rings. The second-order valence-corrected chi connectivity index (χ2v) is 9.55. The van der Waals surface area contributed by atoms with Crippen LogP contribution in [0.2, 0.25) is 0 Å². The molecule has 148 valence electrons. The molecule has 0 saturated carbocycles. The van der Waals surface area contributed by atoms with Crippen molar-refractivity contribution in [1.82, 2.24) is 4.90 Å². The summed E-state index contributed by atoms with van der Waals surface area (Å²) in [6, 6.07) is 0.504. The molecule has 0 aromatic rings. The molecule has 0 radical (unpaired) electrons. The van der Waals surface area contributed by atoms with Gasteiger partial charge in [0.25, 0.3) is 0 Å². The zero-order chi connectivity index (χ0) is 18.8. The summed E-state index contributed by atoms with van der Waals surface area (Å²) in [6.07, 6.45) is 19.9. The fraction of sp³-hybridized carbons (Fsp3) is 0.957. The molecule has 0 spiro atoms. The topological polar surface area (TPSA) is 15.6 Å². The third-order valence-electron chi connectivity index (χ3n) is 6.29. The normalized spacial score (nSPS) is 21.2. The van der Waals surface area contributed by atoms with Crippen LogP contribution in [0, 0.1) is 0 Å². The van der Waals surface area contributed by atoms with Crippen LogP contribution in [0.15, 0.2) is 4.99 Å². The molecular formula is C23H46N2. The van der Waals surface area contributed by atoms with Crippen LogP contribution in [0.25, 0.3) is 0 Å². The van der Waals surface area contributed by atoms with Gasteiger partial charge in [0.05, 0.1) is 6.04 Å². The lowest BCUT2D eigenvalue weighted by Gasteiger charge is -2.52. The zero-order valence-corrected chi connectivity index (χ0v) is 18.2. The van der Waals surface area contributed by atoms with Gasteiger partial charge in [-0.05, 0) is 66.6 Å². The third kappa shape index (κ3) is 8.71. The first-order valence-electron chi connectivity index (χ1n) is 11.0. The second-order valence-electron chi connectivity index (χ2n) is 9.55. The standard InChI is InChI=1S/C23H46N2/c1-7-8-9-10-11-12-13-14-15-16-17-18-24-21-19-22(2,3)25(6)23(4,5)20-21/h18,21H,7-17,19-20H2,1-6H3. The maximum absolute atomic E-state index is 4.93. The summed E-state index contributed by atoms with van der Waals surface area (Å²) in [4.78, 5) is 7.47. The fourth-order valence-electron chi connectivity index (χ4n) is 4.37. The Balaban J connectivity index is 2.08. The van der Waals surface area contributed by atoms with E-state index in [1.807, 2.05) is 0 Å². The number of likely N-dealkylation sites (tertiary alicyclic amines) is 1. The van der Waals surface area contributed by atoms with E-state index in [1.54, 1.807) is 0 Å². The molecule has 0 amide bonds. The van der Waals surface area contributed by atoms with Crippen molar-refractivity contribution in [3.8, 4) is 0 Å². The van der Waals surface area contributed by atoms with Gasteiger partial charge in [0, 0.05) is 11.1 Å². The maximum Gasteiger partial charge on any atom is 0.0530 e. The molecule has 0 bridgehead atoms. The number of unbranched alkanes of at least 4 members (excludes halogenated alkanes) is 10. The highest BCUT2D eigenvalue weighted by atomic mass is 15.2. The Kier molecular flexibility index (Phi) is 10.3. The van der Waals surface area contributed by atoms with Crippen LogP contribution in [-0.2, 0) is 0 Å². The van der Waals surface area contributed by atoms with E-state index in [0.29, 0.717) is 6.04 Å². The van der Waals surface area contributed by atoms with E-state index < -0.39 is 0 Å². The Morgan fingerprint density at radius 1 is 0.800 bits per heavy atom. The van der Waals surface area contributed by atoms with Crippen molar-refractivity contribution < 1.29 is 0 Å². The molecule has 2 heteroatoms. The molecule has 2 nitrogen and oxygen atoms in total. The predicted molar refractivity (Wildman–Crippen MR) is 114 cm³/mol. The van der Waals surface area contributed by atoms with Crippen LogP contribution in [0.4, 0.5) is 0 Å². The molecule has 25 heavy (non-hydrogen) atoms. The molecule has 1 aliphatic heterocycles. The lowest BCUT2D eigenvalue weighted by atomic mass is 9.78. The average molecular weight is 351 g/mol. The van der Waals surface area contributed by atoms with Gasteiger partial charge in [-0.15, -0.1) is 0 Å². The number of hydrogen-bond acceptors (Lipinski definition) is 2. The summed E-state index contributed by atoms with van der Waals surface area (Å²) in [7, 11) is 2.27. The minimum atomic E-state index is 0.251. The molecular weight excluding hydrogens is 304 g/mol. The number of nitrogens with zero attached hydrogens (tertiary/aromatic N) is 2. The first kappa shape index (κ1) is 22.7. The molecule has 0 N–H and O–H groups in total. The van der Waals surface area contributed by atoms with Crippen LogP contribution in [0.3, 0.4) is 0 Å².